The van der Waals surface area contributed by atoms with Crippen molar-refractivity contribution in [2.75, 3.05) is 19.7 Å². The number of aliphatic hydroxyl groups is 1. The van der Waals surface area contributed by atoms with Gasteiger partial charge in [0.1, 0.15) is 0 Å². The van der Waals surface area contributed by atoms with Crippen LogP contribution in [0, 0.1) is 12.8 Å². The van der Waals surface area contributed by atoms with Crippen molar-refractivity contribution in [3.05, 3.63) is 34.3 Å². The van der Waals surface area contributed by atoms with E-state index >= 15 is 0 Å². The maximum atomic E-state index is 9.09. The molecule has 3 heteroatoms. The van der Waals surface area contributed by atoms with Gasteiger partial charge in [-0.1, -0.05) is 23.7 Å². The van der Waals surface area contributed by atoms with E-state index in [1.54, 1.807) is 0 Å². The van der Waals surface area contributed by atoms with Gasteiger partial charge in [0.15, 0.2) is 0 Å². The fraction of sp³-hybridized carbons (Fsp3) is 0.538. The number of aryl methyl sites for hydroxylation is 1. The standard InChI is InChI=1S/C13H18ClNO/c1-10-6-11(2-3-13(10)14)7-15-5-4-12(8-15)9-16/h2-3,6,12,16H,4-5,7-9H2,1H3. The molecule has 0 amide bonds. The van der Waals surface area contributed by atoms with Crippen LogP contribution in [0.5, 0.6) is 0 Å². The molecule has 1 aromatic carbocycles. The minimum atomic E-state index is 0.316. The van der Waals surface area contributed by atoms with Gasteiger partial charge in [-0.3, -0.25) is 4.90 Å². The van der Waals surface area contributed by atoms with E-state index in [2.05, 4.69) is 17.0 Å². The summed E-state index contributed by atoms with van der Waals surface area (Å²) in [6.07, 6.45) is 1.11. The summed E-state index contributed by atoms with van der Waals surface area (Å²) in [5.41, 5.74) is 2.44. The molecule has 1 saturated heterocycles. The lowest BCUT2D eigenvalue weighted by molar-refractivity contribution is 0.220. The first kappa shape index (κ1) is 11.9. The number of benzene rings is 1. The molecule has 1 unspecified atom stereocenters. The predicted octanol–water partition coefficient (Wildman–Crippen LogP) is 2.46. The zero-order valence-electron chi connectivity index (χ0n) is 9.62. The summed E-state index contributed by atoms with van der Waals surface area (Å²) in [5, 5.41) is 9.92. The Morgan fingerprint density at radius 2 is 2.31 bits per heavy atom. The van der Waals surface area contributed by atoms with Crippen LogP contribution in [0.2, 0.25) is 5.02 Å². The van der Waals surface area contributed by atoms with Crippen molar-refractivity contribution < 1.29 is 5.11 Å². The van der Waals surface area contributed by atoms with Gasteiger partial charge >= 0.3 is 0 Å². The molecule has 1 aliphatic heterocycles. The first-order valence-corrected chi connectivity index (χ1v) is 6.15. The summed E-state index contributed by atoms with van der Waals surface area (Å²) in [5.74, 6) is 0.466. The number of hydrogen-bond acceptors (Lipinski definition) is 2. The summed E-state index contributed by atoms with van der Waals surface area (Å²) < 4.78 is 0. The van der Waals surface area contributed by atoms with Crippen LogP contribution in [-0.2, 0) is 6.54 Å². The van der Waals surface area contributed by atoms with Crippen LogP contribution < -0.4 is 0 Å². The smallest absolute Gasteiger partial charge is 0.0471 e. The fourth-order valence-electron chi connectivity index (χ4n) is 2.27. The van der Waals surface area contributed by atoms with E-state index in [-0.39, 0.29) is 0 Å². The van der Waals surface area contributed by atoms with E-state index in [4.69, 9.17) is 16.7 Å². The summed E-state index contributed by atoms with van der Waals surface area (Å²) in [7, 11) is 0. The molecule has 1 atom stereocenters. The Morgan fingerprint density at radius 3 is 2.94 bits per heavy atom. The number of aliphatic hydroxyl groups excluding tert-OH is 1. The van der Waals surface area contributed by atoms with Crippen molar-refractivity contribution in [2.24, 2.45) is 5.92 Å². The van der Waals surface area contributed by atoms with E-state index in [0.29, 0.717) is 12.5 Å². The predicted molar refractivity (Wildman–Crippen MR) is 66.7 cm³/mol. The average Bonchev–Trinajstić information content (AvgIpc) is 2.71. The molecule has 1 fully saturated rings. The first-order chi connectivity index (χ1) is 7.69. The third-order valence-electron chi connectivity index (χ3n) is 3.26. The molecule has 0 spiro atoms. The van der Waals surface area contributed by atoms with Gasteiger partial charge in [0, 0.05) is 24.7 Å². The molecule has 1 N–H and O–H groups in total. The van der Waals surface area contributed by atoms with E-state index in [9.17, 15) is 0 Å². The van der Waals surface area contributed by atoms with Gasteiger partial charge in [-0.05, 0) is 43.0 Å². The molecule has 1 aromatic rings. The Labute approximate surface area is 102 Å². The molecule has 0 bridgehead atoms. The van der Waals surface area contributed by atoms with Gasteiger partial charge in [-0.25, -0.2) is 0 Å². The highest BCUT2D eigenvalue weighted by Gasteiger charge is 2.21. The zero-order chi connectivity index (χ0) is 11.5. The van der Waals surface area contributed by atoms with Crippen molar-refractivity contribution in [3.8, 4) is 0 Å². The van der Waals surface area contributed by atoms with Crippen molar-refractivity contribution in [2.45, 2.75) is 19.9 Å². The maximum absolute atomic E-state index is 9.09. The van der Waals surface area contributed by atoms with Crippen molar-refractivity contribution in [1.82, 2.24) is 4.90 Å². The Kier molecular flexibility index (Phi) is 3.85. The number of likely N-dealkylation sites (tertiary alicyclic amines) is 1. The van der Waals surface area contributed by atoms with Crippen molar-refractivity contribution in [1.29, 1.82) is 0 Å². The molecule has 0 aliphatic carbocycles. The number of halogens is 1. The van der Waals surface area contributed by atoms with E-state index in [1.807, 2.05) is 13.0 Å². The van der Waals surface area contributed by atoms with Crippen molar-refractivity contribution >= 4 is 11.6 Å². The lowest BCUT2D eigenvalue weighted by atomic mass is 10.1. The second-order valence-electron chi connectivity index (χ2n) is 4.66. The largest absolute Gasteiger partial charge is 0.396 e. The fourth-order valence-corrected chi connectivity index (χ4v) is 2.39. The quantitative estimate of drug-likeness (QED) is 0.876. The first-order valence-electron chi connectivity index (χ1n) is 5.77. The maximum Gasteiger partial charge on any atom is 0.0471 e. The highest BCUT2D eigenvalue weighted by atomic mass is 35.5. The Bertz CT molecular complexity index is 367. The normalized spacial score (nSPS) is 21.6. The number of nitrogens with zero attached hydrogens (tertiary/aromatic N) is 1. The summed E-state index contributed by atoms with van der Waals surface area (Å²) >= 11 is 6.00. The van der Waals surface area contributed by atoms with Gasteiger partial charge in [-0.15, -0.1) is 0 Å². The van der Waals surface area contributed by atoms with Crippen LogP contribution in [-0.4, -0.2) is 29.7 Å². The second-order valence-corrected chi connectivity index (χ2v) is 5.06. The molecule has 1 heterocycles. The molecule has 16 heavy (non-hydrogen) atoms. The Balaban J connectivity index is 1.97. The number of rotatable bonds is 3. The molecular formula is C13H18ClNO. The minimum Gasteiger partial charge on any atom is -0.396 e. The number of hydrogen-bond donors (Lipinski definition) is 1. The molecule has 1 aliphatic rings. The topological polar surface area (TPSA) is 23.5 Å². The van der Waals surface area contributed by atoms with Crippen molar-refractivity contribution in [3.63, 3.8) is 0 Å². The molecule has 2 nitrogen and oxygen atoms in total. The average molecular weight is 240 g/mol. The SMILES string of the molecule is Cc1cc(CN2CCC(CO)C2)ccc1Cl. The van der Waals surface area contributed by atoms with E-state index in [1.165, 1.54) is 5.56 Å². The molecule has 88 valence electrons. The van der Waals surface area contributed by atoms with Gasteiger partial charge < -0.3 is 5.11 Å². The van der Waals surface area contributed by atoms with Crippen LogP contribution in [0.15, 0.2) is 18.2 Å². The third-order valence-corrected chi connectivity index (χ3v) is 3.68. The highest BCUT2D eigenvalue weighted by Crippen LogP contribution is 2.21. The van der Waals surface area contributed by atoms with Gasteiger partial charge in [-0.2, -0.15) is 0 Å². The van der Waals surface area contributed by atoms with Gasteiger partial charge in [0.05, 0.1) is 0 Å². The molecule has 0 aromatic heterocycles. The minimum absolute atomic E-state index is 0.316. The summed E-state index contributed by atoms with van der Waals surface area (Å²) in [6.45, 7) is 5.42. The van der Waals surface area contributed by atoms with Gasteiger partial charge in [0.25, 0.3) is 0 Å². The molecule has 0 saturated carbocycles. The second kappa shape index (κ2) is 5.17. The van der Waals surface area contributed by atoms with Crippen LogP contribution in [0.25, 0.3) is 0 Å². The van der Waals surface area contributed by atoms with E-state index in [0.717, 1.165) is 36.6 Å². The van der Waals surface area contributed by atoms with E-state index < -0.39 is 0 Å². The Hall–Kier alpha value is -0.570. The monoisotopic (exact) mass is 239 g/mol. The summed E-state index contributed by atoms with van der Waals surface area (Å²) in [6, 6.07) is 6.20. The third kappa shape index (κ3) is 2.76. The highest BCUT2D eigenvalue weighted by molar-refractivity contribution is 6.31. The Morgan fingerprint density at radius 1 is 1.50 bits per heavy atom. The zero-order valence-corrected chi connectivity index (χ0v) is 10.4. The van der Waals surface area contributed by atoms with Crippen LogP contribution in [0.1, 0.15) is 17.5 Å². The molecule has 2 rings (SSSR count). The van der Waals surface area contributed by atoms with Crippen LogP contribution >= 0.6 is 11.6 Å². The molecular weight excluding hydrogens is 222 g/mol. The lowest BCUT2D eigenvalue weighted by Gasteiger charge is -2.16. The lowest BCUT2D eigenvalue weighted by Crippen LogP contribution is -2.20. The summed E-state index contributed by atoms with van der Waals surface area (Å²) in [4.78, 5) is 2.39. The van der Waals surface area contributed by atoms with Crippen LogP contribution in [0.3, 0.4) is 0 Å². The van der Waals surface area contributed by atoms with Crippen LogP contribution in [0.4, 0.5) is 0 Å². The molecule has 0 radical (unpaired) electrons. The van der Waals surface area contributed by atoms with Gasteiger partial charge in [0.2, 0.25) is 0 Å².